The summed E-state index contributed by atoms with van der Waals surface area (Å²) < 4.78 is 5.06. The van der Waals surface area contributed by atoms with Crippen molar-refractivity contribution in [2.45, 2.75) is 0 Å². The van der Waals surface area contributed by atoms with E-state index in [9.17, 15) is 0 Å². The molecule has 6 heteroatoms. The topological polar surface area (TPSA) is 47.9 Å². The molecule has 4 nitrogen and oxygen atoms in total. The first-order valence-electron chi connectivity index (χ1n) is 3.77. The third-order valence-electron chi connectivity index (χ3n) is 1.54. The number of hydrogen-bond donors (Lipinski definition) is 0. The normalized spacial score (nSPS) is 10.1. The van der Waals surface area contributed by atoms with E-state index in [0.717, 1.165) is 0 Å². The van der Waals surface area contributed by atoms with Crippen molar-refractivity contribution in [1.82, 2.24) is 15.0 Å². The Balaban J connectivity index is 2.50. The van der Waals surface area contributed by atoms with Crippen LogP contribution in [0.2, 0.25) is 5.15 Å². The third kappa shape index (κ3) is 1.69. The predicted octanol–water partition coefficient (Wildman–Crippen LogP) is 2.26. The quantitative estimate of drug-likeness (QED) is 0.790. The molecular formula is C8H6ClN3OS. The molecule has 0 aliphatic carbocycles. The molecule has 2 aromatic heterocycles. The minimum Gasteiger partial charge on any atom is -0.479 e. The van der Waals surface area contributed by atoms with E-state index in [1.54, 1.807) is 24.9 Å². The highest BCUT2D eigenvalue weighted by Gasteiger charge is 2.11. The zero-order valence-electron chi connectivity index (χ0n) is 7.27. The first kappa shape index (κ1) is 9.36. The maximum absolute atomic E-state index is 5.72. The molecule has 0 N–H and O–H groups in total. The average Bonchev–Trinajstić information content (AvgIpc) is 2.65. The van der Waals surface area contributed by atoms with Gasteiger partial charge in [-0.3, -0.25) is 0 Å². The lowest BCUT2D eigenvalue weighted by Gasteiger charge is -2.01. The molecule has 0 aromatic carbocycles. The molecule has 14 heavy (non-hydrogen) atoms. The first-order chi connectivity index (χ1) is 6.81. The van der Waals surface area contributed by atoms with E-state index in [-0.39, 0.29) is 0 Å². The van der Waals surface area contributed by atoms with Crippen molar-refractivity contribution in [3.63, 3.8) is 0 Å². The van der Waals surface area contributed by atoms with Crippen LogP contribution in [0.5, 0.6) is 5.88 Å². The second-order valence-corrected chi connectivity index (χ2v) is 3.63. The Kier molecular flexibility index (Phi) is 2.60. The number of halogens is 1. The van der Waals surface area contributed by atoms with Crippen LogP contribution in [-0.2, 0) is 0 Å². The van der Waals surface area contributed by atoms with Crippen LogP contribution in [0.25, 0.3) is 10.7 Å². The summed E-state index contributed by atoms with van der Waals surface area (Å²) in [4.78, 5) is 12.2. The van der Waals surface area contributed by atoms with Crippen molar-refractivity contribution in [3.05, 3.63) is 22.9 Å². The summed E-state index contributed by atoms with van der Waals surface area (Å²) in [6, 6.07) is 0. The van der Waals surface area contributed by atoms with E-state index in [1.807, 2.05) is 0 Å². The lowest BCUT2D eigenvalue weighted by Crippen LogP contribution is -1.93. The third-order valence-corrected chi connectivity index (χ3v) is 2.71. The van der Waals surface area contributed by atoms with Crippen molar-refractivity contribution < 1.29 is 4.74 Å². The van der Waals surface area contributed by atoms with Crippen molar-refractivity contribution >= 4 is 22.9 Å². The summed E-state index contributed by atoms with van der Waals surface area (Å²) in [5, 5.41) is 2.91. The molecule has 2 heterocycles. The summed E-state index contributed by atoms with van der Waals surface area (Å²) in [6.07, 6.45) is 3.16. The van der Waals surface area contributed by atoms with Gasteiger partial charge in [0.25, 0.3) is 0 Å². The monoisotopic (exact) mass is 227 g/mol. The Morgan fingerprint density at radius 1 is 1.36 bits per heavy atom. The number of aromatic nitrogens is 3. The van der Waals surface area contributed by atoms with Gasteiger partial charge in [-0.05, 0) is 0 Å². The number of ether oxygens (including phenoxy) is 1. The van der Waals surface area contributed by atoms with E-state index >= 15 is 0 Å². The van der Waals surface area contributed by atoms with Crippen molar-refractivity contribution in [1.29, 1.82) is 0 Å². The number of thiazole rings is 1. The Morgan fingerprint density at radius 3 is 2.79 bits per heavy atom. The van der Waals surface area contributed by atoms with Gasteiger partial charge in [-0.15, -0.1) is 11.3 Å². The van der Waals surface area contributed by atoms with Gasteiger partial charge in [0.2, 0.25) is 5.88 Å². The van der Waals surface area contributed by atoms with Gasteiger partial charge in [0.1, 0.15) is 10.2 Å². The maximum atomic E-state index is 5.72. The van der Waals surface area contributed by atoms with Crippen LogP contribution in [0.15, 0.2) is 17.8 Å². The van der Waals surface area contributed by atoms with Gasteiger partial charge in [0.15, 0.2) is 5.69 Å². The second kappa shape index (κ2) is 3.89. The Hall–Kier alpha value is -1.20. The molecular weight excluding hydrogens is 222 g/mol. The smallest absolute Gasteiger partial charge is 0.242 e. The van der Waals surface area contributed by atoms with Gasteiger partial charge >= 0.3 is 0 Å². The van der Waals surface area contributed by atoms with Crippen LogP contribution in [-0.4, -0.2) is 22.1 Å². The summed E-state index contributed by atoms with van der Waals surface area (Å²) in [6.45, 7) is 0. The lowest BCUT2D eigenvalue weighted by atomic mass is 10.4. The molecule has 0 aliphatic heterocycles. The molecule has 0 spiro atoms. The van der Waals surface area contributed by atoms with Gasteiger partial charge in [-0.25, -0.2) is 15.0 Å². The Bertz CT molecular complexity index is 446. The summed E-state index contributed by atoms with van der Waals surface area (Å²) in [5.41, 5.74) is 0.618. The van der Waals surface area contributed by atoms with Gasteiger partial charge < -0.3 is 4.74 Å². The minimum atomic E-state index is 0.456. The largest absolute Gasteiger partial charge is 0.479 e. The van der Waals surface area contributed by atoms with Crippen LogP contribution in [0.1, 0.15) is 0 Å². The van der Waals surface area contributed by atoms with Crippen LogP contribution >= 0.6 is 22.9 Å². The molecule has 0 unspecified atom stereocenters. The van der Waals surface area contributed by atoms with Crippen LogP contribution in [0.3, 0.4) is 0 Å². The number of nitrogens with zero attached hydrogens (tertiary/aromatic N) is 3. The average molecular weight is 228 g/mol. The Labute approximate surface area is 89.6 Å². The molecule has 0 bridgehead atoms. The van der Waals surface area contributed by atoms with Gasteiger partial charge in [-0.1, -0.05) is 11.6 Å². The van der Waals surface area contributed by atoms with Crippen molar-refractivity contribution in [3.8, 4) is 16.6 Å². The highest BCUT2D eigenvalue weighted by Crippen LogP contribution is 2.29. The molecule has 0 fully saturated rings. The summed E-state index contributed by atoms with van der Waals surface area (Å²) >= 11 is 7.12. The molecule has 0 saturated heterocycles. The molecule has 2 rings (SSSR count). The van der Waals surface area contributed by atoms with E-state index in [1.165, 1.54) is 11.3 Å². The number of methoxy groups -OCH3 is 1. The van der Waals surface area contributed by atoms with E-state index in [4.69, 9.17) is 16.3 Å². The Morgan fingerprint density at radius 2 is 2.14 bits per heavy atom. The molecule has 72 valence electrons. The van der Waals surface area contributed by atoms with E-state index in [2.05, 4.69) is 15.0 Å². The highest BCUT2D eigenvalue weighted by molar-refractivity contribution is 7.13. The zero-order valence-corrected chi connectivity index (χ0v) is 8.84. The van der Waals surface area contributed by atoms with Crippen molar-refractivity contribution in [2.24, 2.45) is 0 Å². The van der Waals surface area contributed by atoms with E-state index < -0.39 is 0 Å². The van der Waals surface area contributed by atoms with Gasteiger partial charge in [-0.2, -0.15) is 0 Å². The SMILES string of the molecule is COc1nccnc1-c1nc(Cl)cs1. The van der Waals surface area contributed by atoms with Crippen LogP contribution in [0.4, 0.5) is 0 Å². The lowest BCUT2D eigenvalue weighted by molar-refractivity contribution is 0.397. The second-order valence-electron chi connectivity index (χ2n) is 2.39. The fourth-order valence-electron chi connectivity index (χ4n) is 0.984. The summed E-state index contributed by atoms with van der Waals surface area (Å²) in [7, 11) is 1.54. The number of hydrogen-bond acceptors (Lipinski definition) is 5. The molecule has 2 aromatic rings. The molecule has 0 amide bonds. The van der Waals surface area contributed by atoms with Gasteiger partial charge in [0.05, 0.1) is 7.11 Å². The maximum Gasteiger partial charge on any atom is 0.242 e. The highest BCUT2D eigenvalue weighted by atomic mass is 35.5. The molecule has 0 atom stereocenters. The van der Waals surface area contributed by atoms with Crippen molar-refractivity contribution in [2.75, 3.05) is 7.11 Å². The predicted molar refractivity (Wildman–Crippen MR) is 54.7 cm³/mol. The molecule has 0 saturated carbocycles. The summed E-state index contributed by atoms with van der Waals surface area (Å²) in [5.74, 6) is 0.457. The first-order valence-corrected chi connectivity index (χ1v) is 5.03. The zero-order chi connectivity index (χ0) is 9.97. The van der Waals surface area contributed by atoms with Gasteiger partial charge in [0, 0.05) is 17.8 Å². The van der Waals surface area contributed by atoms with E-state index in [0.29, 0.717) is 21.7 Å². The van der Waals surface area contributed by atoms with Crippen LogP contribution < -0.4 is 4.74 Å². The standard InChI is InChI=1S/C8H6ClN3OS/c1-13-7-6(10-2-3-11-7)8-12-5(9)4-14-8/h2-4H,1H3. The fourth-order valence-corrected chi connectivity index (χ4v) is 1.92. The van der Waals surface area contributed by atoms with Crippen LogP contribution in [0, 0.1) is 0 Å². The molecule has 0 aliphatic rings. The number of rotatable bonds is 2. The minimum absolute atomic E-state index is 0.456. The fraction of sp³-hybridized carbons (Fsp3) is 0.125. The molecule has 0 radical (unpaired) electrons.